The van der Waals surface area contributed by atoms with E-state index in [9.17, 15) is 4.79 Å². The van der Waals surface area contributed by atoms with Crippen LogP contribution in [0.3, 0.4) is 0 Å². The van der Waals surface area contributed by atoms with Crippen molar-refractivity contribution in [3.63, 3.8) is 0 Å². The van der Waals surface area contributed by atoms with Gasteiger partial charge in [0.15, 0.2) is 6.10 Å². The minimum absolute atomic E-state index is 0.0597. The number of ether oxygens (including phenoxy) is 1. The van der Waals surface area contributed by atoms with Crippen molar-refractivity contribution in [2.45, 2.75) is 38.8 Å². The molecule has 0 aliphatic rings. The van der Waals surface area contributed by atoms with Crippen LogP contribution in [0.15, 0.2) is 48.5 Å². The average Bonchev–Trinajstić information content (AvgIpc) is 2.56. The Hall–Kier alpha value is -1.71. The van der Waals surface area contributed by atoms with Crippen LogP contribution < -0.4 is 10.1 Å². The predicted octanol–water partition coefficient (Wildman–Crippen LogP) is 4.90. The van der Waals surface area contributed by atoms with E-state index in [0.29, 0.717) is 15.8 Å². The van der Waals surface area contributed by atoms with Crippen LogP contribution >= 0.6 is 23.2 Å². The highest BCUT2D eigenvalue weighted by atomic mass is 35.5. The molecule has 0 heterocycles. The number of halogens is 2. The van der Waals surface area contributed by atoms with Gasteiger partial charge in [-0.2, -0.15) is 0 Å². The molecular weight excluding hydrogens is 345 g/mol. The van der Waals surface area contributed by atoms with Crippen molar-refractivity contribution in [3.8, 4) is 5.75 Å². The van der Waals surface area contributed by atoms with Crippen LogP contribution in [0.25, 0.3) is 0 Å². The Morgan fingerprint density at radius 2 is 1.83 bits per heavy atom. The van der Waals surface area contributed by atoms with Gasteiger partial charge in [0.05, 0.1) is 5.02 Å². The maximum absolute atomic E-state index is 12.2. The molecule has 0 radical (unpaired) electrons. The number of aryl methyl sites for hydroxylation is 1. The summed E-state index contributed by atoms with van der Waals surface area (Å²) in [4.78, 5) is 12.2. The number of hydrogen-bond donors (Lipinski definition) is 1. The molecule has 0 unspecified atom stereocenters. The van der Waals surface area contributed by atoms with E-state index in [4.69, 9.17) is 27.9 Å². The van der Waals surface area contributed by atoms with Gasteiger partial charge in [0.2, 0.25) is 0 Å². The summed E-state index contributed by atoms with van der Waals surface area (Å²) in [5.74, 6) is 0.280. The van der Waals surface area contributed by atoms with Crippen molar-refractivity contribution in [3.05, 3.63) is 64.1 Å². The molecule has 2 atom stereocenters. The molecule has 0 aliphatic heterocycles. The maximum Gasteiger partial charge on any atom is 0.260 e. The Labute approximate surface area is 152 Å². The van der Waals surface area contributed by atoms with E-state index in [1.807, 2.05) is 25.1 Å². The number of carbonyl (C=O) groups excluding carboxylic acids is 1. The van der Waals surface area contributed by atoms with Crippen LogP contribution in [-0.4, -0.2) is 18.1 Å². The van der Waals surface area contributed by atoms with Gasteiger partial charge in [-0.3, -0.25) is 4.79 Å². The second-order valence-electron chi connectivity index (χ2n) is 5.77. The second-order valence-corrected chi connectivity index (χ2v) is 6.61. The van der Waals surface area contributed by atoms with E-state index >= 15 is 0 Å². The highest BCUT2D eigenvalue weighted by Crippen LogP contribution is 2.28. The summed E-state index contributed by atoms with van der Waals surface area (Å²) in [5.41, 5.74) is 1.26. The highest BCUT2D eigenvalue weighted by molar-refractivity contribution is 6.35. The summed E-state index contributed by atoms with van der Waals surface area (Å²) in [7, 11) is 0. The van der Waals surface area contributed by atoms with Gasteiger partial charge < -0.3 is 10.1 Å². The van der Waals surface area contributed by atoms with Crippen molar-refractivity contribution in [1.29, 1.82) is 0 Å². The molecule has 2 aromatic carbocycles. The van der Waals surface area contributed by atoms with Crippen LogP contribution in [-0.2, 0) is 11.2 Å². The van der Waals surface area contributed by atoms with Crippen molar-refractivity contribution < 1.29 is 9.53 Å². The number of rotatable bonds is 7. The SMILES string of the molecule is C[C@H](Oc1ccc(Cl)cc1Cl)C(=O)N[C@@H](C)CCc1ccccc1. The first-order chi connectivity index (χ1) is 11.5. The molecule has 2 rings (SSSR count). The highest BCUT2D eigenvalue weighted by Gasteiger charge is 2.18. The van der Waals surface area contributed by atoms with E-state index in [1.54, 1.807) is 25.1 Å². The number of hydrogen-bond acceptors (Lipinski definition) is 2. The van der Waals surface area contributed by atoms with Crippen LogP contribution in [0.1, 0.15) is 25.8 Å². The smallest absolute Gasteiger partial charge is 0.260 e. The lowest BCUT2D eigenvalue weighted by Gasteiger charge is -2.19. The van der Waals surface area contributed by atoms with Crippen LogP contribution in [0.5, 0.6) is 5.75 Å². The molecule has 1 amide bonds. The van der Waals surface area contributed by atoms with Gasteiger partial charge in [0, 0.05) is 11.1 Å². The zero-order chi connectivity index (χ0) is 17.5. The fourth-order valence-electron chi connectivity index (χ4n) is 2.27. The third kappa shape index (κ3) is 5.73. The van der Waals surface area contributed by atoms with E-state index < -0.39 is 6.10 Å². The first-order valence-electron chi connectivity index (χ1n) is 7.91. The zero-order valence-electron chi connectivity index (χ0n) is 13.8. The summed E-state index contributed by atoms with van der Waals surface area (Å²) >= 11 is 11.9. The van der Waals surface area contributed by atoms with E-state index in [-0.39, 0.29) is 11.9 Å². The number of carbonyl (C=O) groups is 1. The second kappa shape index (κ2) is 8.95. The van der Waals surface area contributed by atoms with Gasteiger partial charge in [-0.05, 0) is 50.5 Å². The first kappa shape index (κ1) is 18.6. The van der Waals surface area contributed by atoms with Crippen LogP contribution in [0.4, 0.5) is 0 Å². The molecule has 3 nitrogen and oxygen atoms in total. The molecular formula is C19H21Cl2NO2. The van der Waals surface area contributed by atoms with E-state index in [0.717, 1.165) is 12.8 Å². The fourth-order valence-corrected chi connectivity index (χ4v) is 2.73. The summed E-state index contributed by atoms with van der Waals surface area (Å²) < 4.78 is 5.62. The first-order valence-corrected chi connectivity index (χ1v) is 8.67. The van der Waals surface area contributed by atoms with Gasteiger partial charge in [-0.1, -0.05) is 53.5 Å². The third-order valence-corrected chi connectivity index (χ3v) is 4.19. The summed E-state index contributed by atoms with van der Waals surface area (Å²) in [5, 5.41) is 3.88. The Morgan fingerprint density at radius 1 is 1.12 bits per heavy atom. The Morgan fingerprint density at radius 3 is 2.50 bits per heavy atom. The van der Waals surface area contributed by atoms with Crippen molar-refractivity contribution >= 4 is 29.1 Å². The van der Waals surface area contributed by atoms with Crippen molar-refractivity contribution in [2.24, 2.45) is 0 Å². The molecule has 24 heavy (non-hydrogen) atoms. The Bertz CT molecular complexity index is 676. The number of nitrogens with one attached hydrogen (secondary N) is 1. The predicted molar refractivity (Wildman–Crippen MR) is 98.9 cm³/mol. The van der Waals surface area contributed by atoms with Crippen molar-refractivity contribution in [1.82, 2.24) is 5.32 Å². The molecule has 0 aliphatic carbocycles. The summed E-state index contributed by atoms with van der Waals surface area (Å²) in [6, 6.07) is 15.2. The van der Waals surface area contributed by atoms with E-state index in [2.05, 4.69) is 17.4 Å². The van der Waals surface area contributed by atoms with E-state index in [1.165, 1.54) is 5.56 Å². The third-order valence-electron chi connectivity index (χ3n) is 3.66. The molecule has 0 saturated carbocycles. The molecule has 128 valence electrons. The summed E-state index contributed by atoms with van der Waals surface area (Å²) in [6.07, 6.45) is 1.15. The Balaban J connectivity index is 1.82. The van der Waals surface area contributed by atoms with Crippen LogP contribution in [0, 0.1) is 0 Å². The zero-order valence-corrected chi connectivity index (χ0v) is 15.3. The van der Waals surface area contributed by atoms with Gasteiger partial charge in [0.25, 0.3) is 5.91 Å². The lowest BCUT2D eigenvalue weighted by molar-refractivity contribution is -0.127. The minimum Gasteiger partial charge on any atom is -0.479 e. The topological polar surface area (TPSA) is 38.3 Å². The van der Waals surface area contributed by atoms with Gasteiger partial charge in [-0.25, -0.2) is 0 Å². The molecule has 1 N–H and O–H groups in total. The molecule has 2 aromatic rings. The Kier molecular flexibility index (Phi) is 6.95. The van der Waals surface area contributed by atoms with Gasteiger partial charge in [-0.15, -0.1) is 0 Å². The maximum atomic E-state index is 12.2. The molecule has 0 fully saturated rings. The minimum atomic E-state index is -0.636. The van der Waals surface area contributed by atoms with Crippen LogP contribution in [0.2, 0.25) is 10.0 Å². The number of benzene rings is 2. The fraction of sp³-hybridized carbons (Fsp3) is 0.316. The molecule has 0 aromatic heterocycles. The molecule has 0 spiro atoms. The average molecular weight is 366 g/mol. The summed E-state index contributed by atoms with van der Waals surface area (Å²) in [6.45, 7) is 3.69. The van der Waals surface area contributed by atoms with Gasteiger partial charge in [0.1, 0.15) is 5.75 Å². The monoisotopic (exact) mass is 365 g/mol. The molecule has 5 heteroatoms. The van der Waals surface area contributed by atoms with Gasteiger partial charge >= 0.3 is 0 Å². The normalized spacial score (nSPS) is 13.2. The lowest BCUT2D eigenvalue weighted by atomic mass is 10.1. The number of amides is 1. The van der Waals surface area contributed by atoms with Crippen molar-refractivity contribution in [2.75, 3.05) is 0 Å². The largest absolute Gasteiger partial charge is 0.479 e. The quantitative estimate of drug-likeness (QED) is 0.757. The lowest BCUT2D eigenvalue weighted by Crippen LogP contribution is -2.41. The molecule has 0 bridgehead atoms. The standard InChI is InChI=1S/C19H21Cl2NO2/c1-13(8-9-15-6-4-3-5-7-15)22-19(23)14(2)24-18-11-10-16(20)12-17(18)21/h3-7,10-14H,8-9H2,1-2H3,(H,22,23)/t13-,14-/m0/s1. The molecule has 0 saturated heterocycles.